The Hall–Kier alpha value is -1.43. The average molecular weight is 350 g/mol. The molecule has 6 heteroatoms. The summed E-state index contributed by atoms with van der Waals surface area (Å²) in [6.07, 6.45) is 5.38. The third kappa shape index (κ3) is 4.79. The van der Waals surface area contributed by atoms with Crippen LogP contribution in [0.2, 0.25) is 0 Å². The molecule has 1 N–H and O–H groups in total. The van der Waals surface area contributed by atoms with Gasteiger partial charge in [-0.25, -0.2) is 9.97 Å². The Kier molecular flexibility index (Phi) is 6.78. The number of ketones is 1. The van der Waals surface area contributed by atoms with Crippen LogP contribution >= 0.6 is 11.8 Å². The minimum atomic E-state index is -0.0565. The number of rotatable bonds is 6. The fourth-order valence-electron chi connectivity index (χ4n) is 3.18. The van der Waals surface area contributed by atoms with Gasteiger partial charge in [-0.2, -0.15) is 0 Å². The predicted octanol–water partition coefficient (Wildman–Crippen LogP) is 3.34. The summed E-state index contributed by atoms with van der Waals surface area (Å²) in [6, 6.07) is 0.275. The van der Waals surface area contributed by atoms with Crippen molar-refractivity contribution in [2.75, 3.05) is 5.75 Å². The Morgan fingerprint density at radius 1 is 1.25 bits per heavy atom. The van der Waals surface area contributed by atoms with Crippen molar-refractivity contribution < 1.29 is 9.59 Å². The number of aromatic nitrogens is 2. The van der Waals surface area contributed by atoms with Gasteiger partial charge in [-0.05, 0) is 32.6 Å². The molecule has 1 heterocycles. The van der Waals surface area contributed by atoms with Crippen molar-refractivity contribution in [1.29, 1.82) is 0 Å². The molecule has 0 radical (unpaired) electrons. The van der Waals surface area contributed by atoms with Crippen molar-refractivity contribution in [3.05, 3.63) is 17.1 Å². The SMILES string of the molecule is CCc1nc(C)c(C(C)=O)c(SCC(=O)NC2CCCCC2C)n1. The highest BCUT2D eigenvalue weighted by Crippen LogP contribution is 2.25. The molecule has 1 aromatic rings. The maximum atomic E-state index is 12.3. The van der Waals surface area contributed by atoms with Gasteiger partial charge in [0.25, 0.3) is 0 Å². The van der Waals surface area contributed by atoms with Crippen LogP contribution in [0.3, 0.4) is 0 Å². The molecule has 2 unspecified atom stereocenters. The zero-order valence-electron chi connectivity index (χ0n) is 15.0. The van der Waals surface area contributed by atoms with Gasteiger partial charge >= 0.3 is 0 Å². The molecule has 0 spiro atoms. The molecule has 0 aromatic carbocycles. The molecule has 1 fully saturated rings. The van der Waals surface area contributed by atoms with Crippen LogP contribution in [0.4, 0.5) is 0 Å². The summed E-state index contributed by atoms with van der Waals surface area (Å²) in [5, 5.41) is 3.77. The number of nitrogens with one attached hydrogen (secondary N) is 1. The molecular formula is C18H27N3O2S. The molecule has 1 aromatic heterocycles. The standard InChI is InChI=1S/C18H27N3O2S/c1-5-15-19-12(3)17(13(4)22)18(21-15)24-10-16(23)20-14-9-7-6-8-11(14)2/h11,14H,5-10H2,1-4H3,(H,20,23). The molecule has 132 valence electrons. The van der Waals surface area contributed by atoms with Crippen LogP contribution in [0.25, 0.3) is 0 Å². The lowest BCUT2D eigenvalue weighted by atomic mass is 9.86. The second-order valence-corrected chi connectivity index (χ2v) is 7.50. The second-order valence-electron chi connectivity index (χ2n) is 6.54. The molecule has 0 aliphatic heterocycles. The monoisotopic (exact) mass is 349 g/mol. The van der Waals surface area contributed by atoms with Gasteiger partial charge in [0.1, 0.15) is 10.9 Å². The first-order chi connectivity index (χ1) is 11.4. The van der Waals surface area contributed by atoms with Gasteiger partial charge in [-0.1, -0.05) is 38.5 Å². The number of aryl methyl sites for hydroxylation is 2. The van der Waals surface area contributed by atoms with E-state index in [1.807, 2.05) is 13.8 Å². The van der Waals surface area contributed by atoms with Crippen molar-refractivity contribution in [3.63, 3.8) is 0 Å². The topological polar surface area (TPSA) is 72.0 Å². The third-order valence-electron chi connectivity index (χ3n) is 4.57. The van der Waals surface area contributed by atoms with Crippen molar-refractivity contribution in [1.82, 2.24) is 15.3 Å². The fraction of sp³-hybridized carbons (Fsp3) is 0.667. The maximum Gasteiger partial charge on any atom is 0.230 e. The summed E-state index contributed by atoms with van der Waals surface area (Å²) >= 11 is 1.33. The highest BCUT2D eigenvalue weighted by atomic mass is 32.2. The smallest absolute Gasteiger partial charge is 0.230 e. The Morgan fingerprint density at radius 3 is 2.58 bits per heavy atom. The van der Waals surface area contributed by atoms with Crippen LogP contribution in [0, 0.1) is 12.8 Å². The quantitative estimate of drug-likeness (QED) is 0.484. The van der Waals surface area contributed by atoms with Crippen LogP contribution in [0.5, 0.6) is 0 Å². The first-order valence-electron chi connectivity index (χ1n) is 8.73. The number of hydrogen-bond donors (Lipinski definition) is 1. The first kappa shape index (κ1) is 18.9. The van der Waals surface area contributed by atoms with Crippen LogP contribution < -0.4 is 5.32 Å². The van der Waals surface area contributed by atoms with Crippen molar-refractivity contribution in [2.45, 2.75) is 70.9 Å². The summed E-state index contributed by atoms with van der Waals surface area (Å²) in [4.78, 5) is 33.0. The molecular weight excluding hydrogens is 322 g/mol. The van der Waals surface area contributed by atoms with E-state index >= 15 is 0 Å². The molecule has 1 aliphatic rings. The van der Waals surface area contributed by atoms with Gasteiger partial charge in [0.05, 0.1) is 17.0 Å². The Labute approximate surface area is 148 Å². The van der Waals surface area contributed by atoms with E-state index in [1.54, 1.807) is 0 Å². The van der Waals surface area contributed by atoms with Crippen LogP contribution in [0.1, 0.15) is 68.3 Å². The third-order valence-corrected chi connectivity index (χ3v) is 5.54. The number of carbonyl (C=O) groups is 2. The van der Waals surface area contributed by atoms with E-state index < -0.39 is 0 Å². The van der Waals surface area contributed by atoms with Gasteiger partial charge < -0.3 is 5.32 Å². The van der Waals surface area contributed by atoms with Gasteiger partial charge in [0, 0.05) is 12.5 Å². The van der Waals surface area contributed by atoms with Crippen LogP contribution in [-0.2, 0) is 11.2 Å². The van der Waals surface area contributed by atoms with Crippen molar-refractivity contribution >= 4 is 23.5 Å². The summed E-state index contributed by atoms with van der Waals surface area (Å²) in [7, 11) is 0. The minimum absolute atomic E-state index is 0.0163. The second kappa shape index (κ2) is 8.60. The number of nitrogens with zero attached hydrogens (tertiary/aromatic N) is 2. The van der Waals surface area contributed by atoms with E-state index in [0.717, 1.165) is 6.42 Å². The molecule has 5 nitrogen and oxygen atoms in total. The lowest BCUT2D eigenvalue weighted by Crippen LogP contribution is -2.41. The Morgan fingerprint density at radius 2 is 1.96 bits per heavy atom. The summed E-state index contributed by atoms with van der Waals surface area (Å²) in [6.45, 7) is 7.52. The Balaban J connectivity index is 2.03. The molecule has 2 atom stereocenters. The van der Waals surface area contributed by atoms with Crippen LogP contribution in [-0.4, -0.2) is 33.5 Å². The zero-order valence-corrected chi connectivity index (χ0v) is 15.8. The van der Waals surface area contributed by atoms with E-state index in [9.17, 15) is 9.59 Å². The summed E-state index contributed by atoms with van der Waals surface area (Å²) < 4.78 is 0. The number of hydrogen-bond acceptors (Lipinski definition) is 5. The van der Waals surface area contributed by atoms with Gasteiger partial charge in [0.2, 0.25) is 5.91 Å². The van der Waals surface area contributed by atoms with Gasteiger partial charge in [-0.15, -0.1) is 0 Å². The number of carbonyl (C=O) groups excluding carboxylic acids is 2. The highest BCUT2D eigenvalue weighted by molar-refractivity contribution is 8.00. The van der Waals surface area contributed by atoms with E-state index in [0.29, 0.717) is 34.4 Å². The summed E-state index contributed by atoms with van der Waals surface area (Å²) in [5.41, 5.74) is 1.23. The lowest BCUT2D eigenvalue weighted by molar-refractivity contribution is -0.119. The number of Topliss-reactive ketones (excluding diaryl/α,β-unsaturated/α-hetero) is 1. The Bertz CT molecular complexity index is 619. The molecule has 1 saturated carbocycles. The molecule has 1 aliphatic carbocycles. The zero-order chi connectivity index (χ0) is 17.7. The molecule has 1 amide bonds. The van der Waals surface area contributed by atoms with Crippen LogP contribution in [0.15, 0.2) is 5.03 Å². The fourth-order valence-corrected chi connectivity index (χ4v) is 4.14. The van der Waals surface area contributed by atoms with Crippen molar-refractivity contribution in [3.8, 4) is 0 Å². The van der Waals surface area contributed by atoms with Crippen molar-refractivity contribution in [2.24, 2.45) is 5.92 Å². The highest BCUT2D eigenvalue weighted by Gasteiger charge is 2.23. The molecule has 2 rings (SSSR count). The van der Waals surface area contributed by atoms with E-state index in [1.165, 1.54) is 37.9 Å². The predicted molar refractivity (Wildman–Crippen MR) is 96.4 cm³/mol. The molecule has 0 saturated heterocycles. The number of thioether (sulfide) groups is 1. The first-order valence-corrected chi connectivity index (χ1v) is 9.71. The van der Waals surface area contributed by atoms with E-state index in [2.05, 4.69) is 22.2 Å². The number of amides is 1. The average Bonchev–Trinajstić information content (AvgIpc) is 2.54. The lowest BCUT2D eigenvalue weighted by Gasteiger charge is -2.29. The van der Waals surface area contributed by atoms with Gasteiger partial charge in [-0.3, -0.25) is 9.59 Å². The molecule has 24 heavy (non-hydrogen) atoms. The minimum Gasteiger partial charge on any atom is -0.352 e. The van der Waals surface area contributed by atoms with E-state index in [4.69, 9.17) is 0 Å². The summed E-state index contributed by atoms with van der Waals surface area (Å²) in [5.74, 6) is 1.49. The normalized spacial score (nSPS) is 20.7. The van der Waals surface area contributed by atoms with E-state index in [-0.39, 0.29) is 23.5 Å². The maximum absolute atomic E-state index is 12.3. The van der Waals surface area contributed by atoms with Gasteiger partial charge in [0.15, 0.2) is 5.78 Å². The molecule has 0 bridgehead atoms. The largest absolute Gasteiger partial charge is 0.352 e.